The van der Waals surface area contributed by atoms with E-state index in [9.17, 15) is 23.3 Å². The number of hydrogen-bond donors (Lipinski definition) is 1. The number of hydrogen-bond acceptors (Lipinski definition) is 5. The third kappa shape index (κ3) is 5.77. The molecule has 0 radical (unpaired) electrons. The number of fused-ring (bicyclic) bond motifs is 1. The highest BCUT2D eigenvalue weighted by Crippen LogP contribution is 2.56. The Kier molecular flexibility index (Phi) is 8.30. The van der Waals surface area contributed by atoms with Crippen molar-refractivity contribution in [3.8, 4) is 11.3 Å². The zero-order valence-electron chi connectivity index (χ0n) is 25.9. The Bertz CT molecular complexity index is 2300. The summed E-state index contributed by atoms with van der Waals surface area (Å²) in [5.41, 5.74) is 0.204. The van der Waals surface area contributed by atoms with Crippen molar-refractivity contribution in [2.24, 2.45) is 0 Å². The number of nitrogens with zero attached hydrogens (tertiary/aromatic N) is 2. The van der Waals surface area contributed by atoms with Crippen LogP contribution in [0.4, 0.5) is 15.8 Å². The van der Waals surface area contributed by atoms with E-state index < -0.39 is 38.4 Å². The second kappa shape index (κ2) is 12.6. The van der Waals surface area contributed by atoms with Gasteiger partial charge in [0.15, 0.2) is 5.67 Å². The van der Waals surface area contributed by atoms with Crippen LogP contribution in [0.3, 0.4) is 0 Å². The van der Waals surface area contributed by atoms with Crippen molar-refractivity contribution < 1.29 is 22.5 Å². The van der Waals surface area contributed by atoms with Gasteiger partial charge in [0.25, 0.3) is 21.6 Å². The Morgan fingerprint density at radius 2 is 1.49 bits per heavy atom. The quantitative estimate of drug-likeness (QED) is 0.126. The van der Waals surface area contributed by atoms with Crippen molar-refractivity contribution in [2.75, 3.05) is 5.32 Å². The number of para-hydroxylation sites is 1. The summed E-state index contributed by atoms with van der Waals surface area (Å²) in [5, 5.41) is 15.0. The smallest absolute Gasteiger partial charge is 0.269 e. The molecule has 1 saturated carbocycles. The summed E-state index contributed by atoms with van der Waals surface area (Å²) in [6, 6.07) is 36.2. The number of alkyl halides is 1. The molecule has 6 aromatic rings. The largest absolute Gasteiger partial charge is 0.323 e. The molecule has 1 fully saturated rings. The minimum atomic E-state index is -4.38. The molecule has 0 saturated heterocycles. The van der Waals surface area contributed by atoms with Gasteiger partial charge in [-0.05, 0) is 77.9 Å². The average Bonchev–Trinajstić information content (AvgIpc) is 3.65. The van der Waals surface area contributed by atoms with Crippen LogP contribution >= 0.6 is 11.6 Å². The number of non-ortho nitro benzene ring substituents is 1. The lowest BCUT2D eigenvalue weighted by Gasteiger charge is -2.26. The van der Waals surface area contributed by atoms with Gasteiger partial charge in [-0.3, -0.25) is 14.9 Å². The number of amides is 1. The summed E-state index contributed by atoms with van der Waals surface area (Å²) in [4.78, 5) is 24.5. The number of carbonyl (C=O) groups is 1. The number of anilines is 1. The van der Waals surface area contributed by atoms with Gasteiger partial charge in [-0.2, -0.15) is 0 Å². The monoisotopic (exact) mass is 693 g/mol. The fourth-order valence-electron chi connectivity index (χ4n) is 7.00. The van der Waals surface area contributed by atoms with E-state index >= 15 is 4.39 Å². The SMILES string of the molecule is O=C(Nc1ccccc1)[C@@]1(F)C[C@H](c2c(-c3ccccc3)n(S(=O)(=O)c3ccc([N+](=O)[O-])cc3)c3ccc(Cl)cc23)C[C@H]1c1ccccc1. The number of rotatable bonds is 8. The third-order valence-electron chi connectivity index (χ3n) is 9.19. The van der Waals surface area contributed by atoms with Crippen LogP contribution in [0, 0.1) is 10.1 Å². The fourth-order valence-corrected chi connectivity index (χ4v) is 8.73. The number of benzene rings is 5. The van der Waals surface area contributed by atoms with Crippen LogP contribution in [0.25, 0.3) is 22.2 Å². The predicted molar refractivity (Wildman–Crippen MR) is 188 cm³/mol. The van der Waals surface area contributed by atoms with Crippen LogP contribution in [0.2, 0.25) is 5.02 Å². The van der Waals surface area contributed by atoms with Gasteiger partial charge in [-0.1, -0.05) is 90.5 Å². The molecule has 7 rings (SSSR count). The van der Waals surface area contributed by atoms with Gasteiger partial charge in [-0.15, -0.1) is 0 Å². The van der Waals surface area contributed by atoms with Crippen LogP contribution in [-0.4, -0.2) is 28.9 Å². The molecule has 49 heavy (non-hydrogen) atoms. The molecule has 0 bridgehead atoms. The fraction of sp³-hybridized carbons (Fsp3) is 0.132. The molecule has 0 aliphatic heterocycles. The second-order valence-electron chi connectivity index (χ2n) is 12.1. The lowest BCUT2D eigenvalue weighted by Crippen LogP contribution is -2.41. The molecule has 0 unspecified atom stereocenters. The zero-order chi connectivity index (χ0) is 34.3. The third-order valence-corrected chi connectivity index (χ3v) is 11.2. The van der Waals surface area contributed by atoms with E-state index in [0.29, 0.717) is 44.0 Å². The van der Waals surface area contributed by atoms with Gasteiger partial charge in [-0.25, -0.2) is 16.8 Å². The van der Waals surface area contributed by atoms with Gasteiger partial charge in [0.2, 0.25) is 0 Å². The van der Waals surface area contributed by atoms with Gasteiger partial charge >= 0.3 is 0 Å². The second-order valence-corrected chi connectivity index (χ2v) is 14.3. The lowest BCUT2D eigenvalue weighted by molar-refractivity contribution is -0.384. The molecule has 8 nitrogen and oxygen atoms in total. The number of nitro benzene ring substituents is 1. The van der Waals surface area contributed by atoms with Crippen LogP contribution in [0.15, 0.2) is 138 Å². The highest BCUT2D eigenvalue weighted by Gasteiger charge is 2.55. The summed E-state index contributed by atoms with van der Waals surface area (Å²) >= 11 is 6.54. The van der Waals surface area contributed by atoms with Crippen molar-refractivity contribution >= 4 is 49.8 Å². The molecule has 11 heteroatoms. The van der Waals surface area contributed by atoms with Crippen LogP contribution < -0.4 is 5.32 Å². The Balaban J connectivity index is 1.45. The van der Waals surface area contributed by atoms with E-state index in [-0.39, 0.29) is 23.4 Å². The normalized spacial score (nSPS) is 19.1. The highest BCUT2D eigenvalue weighted by atomic mass is 35.5. The van der Waals surface area contributed by atoms with Crippen LogP contribution in [-0.2, 0) is 14.8 Å². The molecule has 3 atom stereocenters. The first kappa shape index (κ1) is 32.2. The van der Waals surface area contributed by atoms with Gasteiger partial charge in [0.1, 0.15) is 0 Å². The van der Waals surface area contributed by atoms with Gasteiger partial charge in [0.05, 0.1) is 21.0 Å². The van der Waals surface area contributed by atoms with Crippen molar-refractivity contribution in [2.45, 2.75) is 35.2 Å². The minimum Gasteiger partial charge on any atom is -0.323 e. The van der Waals surface area contributed by atoms with E-state index in [0.717, 1.165) is 12.1 Å². The highest BCUT2D eigenvalue weighted by molar-refractivity contribution is 7.90. The van der Waals surface area contributed by atoms with Crippen molar-refractivity contribution in [3.05, 3.63) is 160 Å². The molecule has 1 amide bonds. The molecule has 5 aromatic carbocycles. The van der Waals surface area contributed by atoms with E-state index in [4.69, 9.17) is 11.6 Å². The Labute approximate surface area is 287 Å². The van der Waals surface area contributed by atoms with E-state index in [1.54, 1.807) is 103 Å². The zero-order valence-corrected chi connectivity index (χ0v) is 27.4. The Morgan fingerprint density at radius 3 is 2.12 bits per heavy atom. The molecular formula is C38H29ClFN3O5S. The molecule has 246 valence electrons. The first-order chi connectivity index (χ1) is 23.6. The minimum absolute atomic E-state index is 0.163. The number of nitrogens with one attached hydrogen (secondary N) is 1. The predicted octanol–water partition coefficient (Wildman–Crippen LogP) is 9.12. The number of nitro groups is 1. The van der Waals surface area contributed by atoms with Crippen LogP contribution in [0.1, 0.15) is 35.8 Å². The molecule has 1 aliphatic carbocycles. The summed E-state index contributed by atoms with van der Waals surface area (Å²) in [6.07, 6.45) is -0.0277. The number of aromatic nitrogens is 1. The molecular weight excluding hydrogens is 665 g/mol. The van der Waals surface area contributed by atoms with E-state index in [1.165, 1.54) is 16.1 Å². The van der Waals surface area contributed by atoms with Crippen molar-refractivity contribution in [1.29, 1.82) is 0 Å². The van der Waals surface area contributed by atoms with Crippen LogP contribution in [0.5, 0.6) is 0 Å². The summed E-state index contributed by atoms with van der Waals surface area (Å²) in [5.74, 6) is -2.26. The van der Waals surface area contributed by atoms with Crippen molar-refractivity contribution in [3.63, 3.8) is 0 Å². The first-order valence-corrected chi connectivity index (χ1v) is 17.4. The summed E-state index contributed by atoms with van der Waals surface area (Å²) in [6.45, 7) is 0. The van der Waals surface area contributed by atoms with E-state index in [1.807, 2.05) is 6.07 Å². The summed E-state index contributed by atoms with van der Waals surface area (Å²) < 4.78 is 48.1. The number of halogens is 2. The Hall–Kier alpha value is -5.32. The maximum Gasteiger partial charge on any atom is 0.269 e. The molecule has 1 N–H and O–H groups in total. The average molecular weight is 694 g/mol. The molecule has 1 heterocycles. The summed E-state index contributed by atoms with van der Waals surface area (Å²) in [7, 11) is -4.38. The molecule has 1 aromatic heterocycles. The maximum absolute atomic E-state index is 17.7. The molecule has 1 aliphatic rings. The maximum atomic E-state index is 17.7. The van der Waals surface area contributed by atoms with Gasteiger partial charge < -0.3 is 5.32 Å². The standard InChI is InChI=1S/C38H29ClFN3O5S/c39-28-16-21-34-32(23-28)35(36(26-12-6-2-7-13-26)42(34)49(47,48)31-19-17-30(18-20-31)43(45)46)27-22-33(25-10-4-1-5-11-25)38(40,24-27)37(44)41-29-14-8-3-9-15-29/h1-21,23,27,33H,22,24H2,(H,41,44)/t27-,33+,38-/m1/s1. The Morgan fingerprint density at radius 1 is 0.878 bits per heavy atom. The first-order valence-electron chi connectivity index (χ1n) is 15.6. The topological polar surface area (TPSA) is 111 Å². The van der Waals surface area contributed by atoms with Crippen molar-refractivity contribution in [1.82, 2.24) is 3.97 Å². The van der Waals surface area contributed by atoms with E-state index in [2.05, 4.69) is 5.32 Å². The lowest BCUT2D eigenvalue weighted by atomic mass is 9.85. The van der Waals surface area contributed by atoms with Gasteiger partial charge in [0, 0.05) is 34.1 Å². The molecule has 0 spiro atoms. The number of carbonyl (C=O) groups excluding carboxylic acids is 1.